The summed E-state index contributed by atoms with van der Waals surface area (Å²) >= 11 is 6.05. The van der Waals surface area contributed by atoms with E-state index in [1.807, 2.05) is 12.1 Å². The third-order valence-electron chi connectivity index (χ3n) is 2.78. The Bertz CT molecular complexity index is 333. The van der Waals surface area contributed by atoms with E-state index in [0.717, 1.165) is 37.4 Å². The molecule has 0 aliphatic carbocycles. The number of hydrogen-bond acceptors (Lipinski definition) is 2. The molecule has 0 aromatic heterocycles. The second-order valence-corrected chi connectivity index (χ2v) is 4.74. The lowest BCUT2D eigenvalue weighted by atomic mass is 10.1. The summed E-state index contributed by atoms with van der Waals surface area (Å²) in [4.78, 5) is 2.43. The van der Waals surface area contributed by atoms with Crippen LogP contribution in [0.15, 0.2) is 18.2 Å². The molecule has 0 atom stereocenters. The minimum atomic E-state index is 0.666. The molecule has 0 saturated carbocycles. The van der Waals surface area contributed by atoms with Crippen LogP contribution in [0.5, 0.6) is 0 Å². The van der Waals surface area contributed by atoms with Crippen molar-refractivity contribution in [3.8, 4) is 0 Å². The Morgan fingerprint density at radius 3 is 2.35 bits per heavy atom. The van der Waals surface area contributed by atoms with E-state index >= 15 is 0 Å². The van der Waals surface area contributed by atoms with Gasteiger partial charge in [-0.2, -0.15) is 0 Å². The summed E-state index contributed by atoms with van der Waals surface area (Å²) in [6.07, 6.45) is 3.20. The summed E-state index contributed by atoms with van der Waals surface area (Å²) in [5.74, 6) is 0. The molecule has 96 valence electrons. The van der Waals surface area contributed by atoms with Gasteiger partial charge in [-0.3, -0.25) is 0 Å². The zero-order valence-electron chi connectivity index (χ0n) is 10.9. The Morgan fingerprint density at radius 2 is 1.82 bits per heavy atom. The standard InChI is InChI=1S/C14H23ClN2/c1-3-9-17(10-4-2)14-6-5-13(15)11-12(14)7-8-16/h5-6,11H,3-4,7-10,16H2,1-2H3. The van der Waals surface area contributed by atoms with Gasteiger partial charge in [0.2, 0.25) is 0 Å². The first-order valence-electron chi connectivity index (χ1n) is 6.46. The molecule has 17 heavy (non-hydrogen) atoms. The summed E-state index contributed by atoms with van der Waals surface area (Å²) in [6.45, 7) is 7.27. The van der Waals surface area contributed by atoms with Gasteiger partial charge in [0.05, 0.1) is 0 Å². The molecular weight excluding hydrogens is 232 g/mol. The van der Waals surface area contributed by atoms with Gasteiger partial charge in [-0.1, -0.05) is 25.4 Å². The summed E-state index contributed by atoms with van der Waals surface area (Å²) in [7, 11) is 0. The molecule has 0 bridgehead atoms. The molecule has 1 aromatic rings. The van der Waals surface area contributed by atoms with Gasteiger partial charge in [0, 0.05) is 23.8 Å². The number of halogens is 1. The van der Waals surface area contributed by atoms with Crippen molar-refractivity contribution in [2.75, 3.05) is 24.5 Å². The largest absolute Gasteiger partial charge is 0.371 e. The molecule has 1 aromatic carbocycles. The summed E-state index contributed by atoms with van der Waals surface area (Å²) in [5, 5.41) is 0.796. The van der Waals surface area contributed by atoms with E-state index in [0.29, 0.717) is 6.54 Å². The Hall–Kier alpha value is -0.730. The minimum Gasteiger partial charge on any atom is -0.371 e. The molecule has 0 saturated heterocycles. The third-order valence-corrected chi connectivity index (χ3v) is 3.02. The van der Waals surface area contributed by atoms with Crippen LogP contribution in [0.2, 0.25) is 5.02 Å². The Kier molecular flexibility index (Phi) is 6.38. The maximum absolute atomic E-state index is 6.05. The fourth-order valence-corrected chi connectivity index (χ4v) is 2.31. The van der Waals surface area contributed by atoms with E-state index < -0.39 is 0 Å². The first kappa shape index (κ1) is 14.3. The molecule has 3 heteroatoms. The van der Waals surface area contributed by atoms with Crippen LogP contribution < -0.4 is 10.6 Å². The third kappa shape index (κ3) is 4.21. The number of nitrogens with two attached hydrogens (primary N) is 1. The van der Waals surface area contributed by atoms with Gasteiger partial charge in [-0.15, -0.1) is 0 Å². The van der Waals surface area contributed by atoms with Crippen molar-refractivity contribution in [2.45, 2.75) is 33.1 Å². The second kappa shape index (κ2) is 7.57. The predicted octanol–water partition coefficient (Wildman–Crippen LogP) is 3.47. The van der Waals surface area contributed by atoms with Gasteiger partial charge in [-0.25, -0.2) is 0 Å². The van der Waals surface area contributed by atoms with E-state index in [4.69, 9.17) is 17.3 Å². The lowest BCUT2D eigenvalue weighted by Gasteiger charge is -2.26. The highest BCUT2D eigenvalue weighted by molar-refractivity contribution is 6.30. The van der Waals surface area contributed by atoms with E-state index in [1.165, 1.54) is 11.3 Å². The molecule has 2 N–H and O–H groups in total. The zero-order chi connectivity index (χ0) is 12.7. The van der Waals surface area contributed by atoms with Crippen LogP contribution in [0.3, 0.4) is 0 Å². The molecule has 0 aliphatic rings. The summed E-state index contributed by atoms with van der Waals surface area (Å²) in [6, 6.07) is 6.13. The predicted molar refractivity (Wildman–Crippen MR) is 77.0 cm³/mol. The van der Waals surface area contributed by atoms with Crippen molar-refractivity contribution >= 4 is 17.3 Å². The zero-order valence-corrected chi connectivity index (χ0v) is 11.6. The molecule has 0 unspecified atom stereocenters. The number of nitrogens with zero attached hydrogens (tertiary/aromatic N) is 1. The smallest absolute Gasteiger partial charge is 0.0410 e. The van der Waals surface area contributed by atoms with Gasteiger partial charge >= 0.3 is 0 Å². The van der Waals surface area contributed by atoms with Crippen LogP contribution in [0, 0.1) is 0 Å². The van der Waals surface area contributed by atoms with Crippen molar-refractivity contribution in [1.29, 1.82) is 0 Å². The Balaban J connectivity index is 2.98. The van der Waals surface area contributed by atoms with Crippen molar-refractivity contribution in [1.82, 2.24) is 0 Å². The van der Waals surface area contributed by atoms with E-state index in [9.17, 15) is 0 Å². The lowest BCUT2D eigenvalue weighted by molar-refractivity contribution is 0.739. The van der Waals surface area contributed by atoms with Crippen molar-refractivity contribution < 1.29 is 0 Å². The van der Waals surface area contributed by atoms with Gasteiger partial charge in [0.25, 0.3) is 0 Å². The Morgan fingerprint density at radius 1 is 1.18 bits per heavy atom. The van der Waals surface area contributed by atoms with Crippen LogP contribution >= 0.6 is 11.6 Å². The van der Waals surface area contributed by atoms with E-state index in [2.05, 4.69) is 24.8 Å². The number of anilines is 1. The summed E-state index contributed by atoms with van der Waals surface area (Å²) < 4.78 is 0. The SMILES string of the molecule is CCCN(CCC)c1ccc(Cl)cc1CCN. The maximum atomic E-state index is 6.05. The fraction of sp³-hybridized carbons (Fsp3) is 0.571. The topological polar surface area (TPSA) is 29.3 Å². The molecule has 0 heterocycles. The summed E-state index contributed by atoms with van der Waals surface area (Å²) in [5.41, 5.74) is 8.23. The van der Waals surface area contributed by atoms with Crippen LogP contribution in [-0.2, 0) is 6.42 Å². The average molecular weight is 255 g/mol. The van der Waals surface area contributed by atoms with Gasteiger partial charge < -0.3 is 10.6 Å². The van der Waals surface area contributed by atoms with Crippen LogP contribution in [0.1, 0.15) is 32.3 Å². The second-order valence-electron chi connectivity index (χ2n) is 4.30. The van der Waals surface area contributed by atoms with Crippen LogP contribution in [0.25, 0.3) is 0 Å². The number of benzene rings is 1. The van der Waals surface area contributed by atoms with Crippen molar-refractivity contribution in [3.05, 3.63) is 28.8 Å². The average Bonchev–Trinajstić information content (AvgIpc) is 2.30. The molecular formula is C14H23ClN2. The first-order chi connectivity index (χ1) is 8.22. The molecule has 0 fully saturated rings. The molecule has 2 nitrogen and oxygen atoms in total. The van der Waals surface area contributed by atoms with Gasteiger partial charge in [0.15, 0.2) is 0 Å². The highest BCUT2D eigenvalue weighted by Gasteiger charge is 2.10. The monoisotopic (exact) mass is 254 g/mol. The van der Waals surface area contributed by atoms with Gasteiger partial charge in [0.1, 0.15) is 0 Å². The normalized spacial score (nSPS) is 10.6. The first-order valence-corrected chi connectivity index (χ1v) is 6.84. The van der Waals surface area contributed by atoms with E-state index in [1.54, 1.807) is 0 Å². The number of hydrogen-bond donors (Lipinski definition) is 1. The maximum Gasteiger partial charge on any atom is 0.0410 e. The number of rotatable bonds is 7. The van der Waals surface area contributed by atoms with Crippen molar-refractivity contribution in [2.24, 2.45) is 5.73 Å². The Labute approximate surface area is 110 Å². The highest BCUT2D eigenvalue weighted by atomic mass is 35.5. The van der Waals surface area contributed by atoms with E-state index in [-0.39, 0.29) is 0 Å². The lowest BCUT2D eigenvalue weighted by Crippen LogP contribution is -2.26. The highest BCUT2D eigenvalue weighted by Crippen LogP contribution is 2.25. The van der Waals surface area contributed by atoms with Crippen LogP contribution in [-0.4, -0.2) is 19.6 Å². The van der Waals surface area contributed by atoms with Gasteiger partial charge in [-0.05, 0) is 49.6 Å². The quantitative estimate of drug-likeness (QED) is 0.807. The fourth-order valence-electron chi connectivity index (χ4n) is 2.11. The molecule has 1 rings (SSSR count). The minimum absolute atomic E-state index is 0.666. The molecule has 0 radical (unpaired) electrons. The molecule has 0 aliphatic heterocycles. The molecule has 0 spiro atoms. The van der Waals surface area contributed by atoms with Crippen molar-refractivity contribution in [3.63, 3.8) is 0 Å². The molecule has 0 amide bonds. The van der Waals surface area contributed by atoms with Crippen LogP contribution in [0.4, 0.5) is 5.69 Å².